The minimum atomic E-state index is 0. The molecule has 0 saturated heterocycles. The van der Waals surface area contributed by atoms with Crippen LogP contribution in [0, 0.1) is 59.2 Å². The molecule has 53 heavy (non-hydrogen) atoms. The molecule has 0 heteroatoms. The van der Waals surface area contributed by atoms with E-state index in [-0.39, 0.29) is 44.6 Å². The lowest BCUT2D eigenvalue weighted by molar-refractivity contribution is 0.271. The fourth-order valence-electron chi connectivity index (χ4n) is 5.53. The molecule has 8 unspecified atom stereocenters. The zero-order chi connectivity index (χ0) is 38.4. The molecule has 0 nitrogen and oxygen atoms in total. The molecular formula is C53H130. The maximum Gasteiger partial charge on any atom is -0.0414 e. The summed E-state index contributed by atoms with van der Waals surface area (Å²) in [6.45, 7) is 49.8. The average molecular weight is 768 g/mol. The summed E-state index contributed by atoms with van der Waals surface area (Å²) in [5, 5.41) is 0. The van der Waals surface area contributed by atoms with Gasteiger partial charge in [-0.1, -0.05) is 287 Å². The Morgan fingerprint density at radius 3 is 1.02 bits per heavy atom. The summed E-state index contributed by atoms with van der Waals surface area (Å²) in [4.78, 5) is 0. The Labute approximate surface area is 351 Å². The average Bonchev–Trinajstić information content (AvgIpc) is 3.07. The second kappa shape index (κ2) is 66.8. The van der Waals surface area contributed by atoms with Gasteiger partial charge in [-0.15, -0.1) is 0 Å². The summed E-state index contributed by atoms with van der Waals surface area (Å²) in [6, 6.07) is 0. The largest absolute Gasteiger partial charge is 0.0776 e. The van der Waals surface area contributed by atoms with Crippen molar-refractivity contribution in [2.75, 3.05) is 0 Å². The van der Waals surface area contributed by atoms with Crippen molar-refractivity contribution in [1.29, 1.82) is 0 Å². The summed E-state index contributed by atoms with van der Waals surface area (Å²) < 4.78 is 0. The van der Waals surface area contributed by atoms with Crippen LogP contribution in [-0.4, -0.2) is 0 Å². The molecule has 0 N–H and O–H groups in total. The second-order valence-corrected chi connectivity index (χ2v) is 15.9. The van der Waals surface area contributed by atoms with Crippen molar-refractivity contribution in [2.24, 2.45) is 59.2 Å². The van der Waals surface area contributed by atoms with Crippen LogP contribution in [0.25, 0.3) is 0 Å². The van der Waals surface area contributed by atoms with Gasteiger partial charge in [0.1, 0.15) is 0 Å². The SMILES string of the molecule is C.C.C.C.C.C.CC.CC.CC.CCC(C)CCCC(C)C.CCCC(C)C(C)CC(C)CCC(C)C(C)C.CCCCC(C)C(C)CCC(C)CC. The van der Waals surface area contributed by atoms with Crippen LogP contribution in [0.5, 0.6) is 0 Å². The monoisotopic (exact) mass is 767 g/mol. The predicted octanol–water partition coefficient (Wildman–Crippen LogP) is 22.2. The molecule has 0 heterocycles. The highest BCUT2D eigenvalue weighted by atomic mass is 14.2. The molecule has 0 aliphatic rings. The third-order valence-corrected chi connectivity index (χ3v) is 10.7. The molecule has 0 amide bonds. The second-order valence-electron chi connectivity index (χ2n) is 15.9. The molecule has 0 aliphatic heterocycles. The fraction of sp³-hybridized carbons (Fsp3) is 1.00. The van der Waals surface area contributed by atoms with Crippen LogP contribution in [0.4, 0.5) is 0 Å². The normalized spacial score (nSPS) is 13.8. The fourth-order valence-corrected chi connectivity index (χ4v) is 5.53. The lowest BCUT2D eigenvalue weighted by atomic mass is 9.82. The van der Waals surface area contributed by atoms with E-state index < -0.39 is 0 Å². The molecular weight excluding hydrogens is 637 g/mol. The summed E-state index contributed by atoms with van der Waals surface area (Å²) >= 11 is 0. The van der Waals surface area contributed by atoms with Gasteiger partial charge in [0.05, 0.1) is 0 Å². The Balaban J connectivity index is -0.0000000429. The minimum Gasteiger partial charge on any atom is -0.0776 e. The van der Waals surface area contributed by atoms with Crippen molar-refractivity contribution in [3.05, 3.63) is 0 Å². The maximum atomic E-state index is 2.45. The van der Waals surface area contributed by atoms with Gasteiger partial charge >= 0.3 is 0 Å². The van der Waals surface area contributed by atoms with E-state index in [0.29, 0.717) is 0 Å². The van der Waals surface area contributed by atoms with Gasteiger partial charge in [0.15, 0.2) is 0 Å². The van der Waals surface area contributed by atoms with Crippen molar-refractivity contribution in [1.82, 2.24) is 0 Å². The first kappa shape index (κ1) is 85.3. The predicted molar refractivity (Wildman–Crippen MR) is 269 cm³/mol. The van der Waals surface area contributed by atoms with Gasteiger partial charge in [-0.3, -0.25) is 0 Å². The Morgan fingerprint density at radius 2 is 0.660 bits per heavy atom. The minimum absolute atomic E-state index is 0. The van der Waals surface area contributed by atoms with E-state index in [0.717, 1.165) is 59.2 Å². The van der Waals surface area contributed by atoms with Gasteiger partial charge < -0.3 is 0 Å². The van der Waals surface area contributed by atoms with Crippen LogP contribution < -0.4 is 0 Å². The smallest absolute Gasteiger partial charge is 0.0414 e. The van der Waals surface area contributed by atoms with Crippen LogP contribution >= 0.6 is 0 Å². The van der Waals surface area contributed by atoms with E-state index in [9.17, 15) is 0 Å². The summed E-state index contributed by atoms with van der Waals surface area (Å²) in [7, 11) is 0. The van der Waals surface area contributed by atoms with Crippen molar-refractivity contribution < 1.29 is 0 Å². The van der Waals surface area contributed by atoms with E-state index in [1.807, 2.05) is 41.5 Å². The van der Waals surface area contributed by atoms with Crippen molar-refractivity contribution in [3.63, 3.8) is 0 Å². The highest BCUT2D eigenvalue weighted by molar-refractivity contribution is 4.68. The summed E-state index contributed by atoms with van der Waals surface area (Å²) in [5.74, 6) is 9.07. The molecule has 0 aliphatic carbocycles. The molecule has 0 saturated carbocycles. The van der Waals surface area contributed by atoms with E-state index >= 15 is 0 Å². The molecule has 8 atom stereocenters. The molecule has 0 fully saturated rings. The first-order valence-electron chi connectivity index (χ1n) is 22.2. The van der Waals surface area contributed by atoms with Crippen molar-refractivity contribution in [2.45, 2.75) is 293 Å². The first-order chi connectivity index (χ1) is 22.2. The van der Waals surface area contributed by atoms with Crippen LogP contribution in [-0.2, 0) is 0 Å². The number of rotatable bonds is 22. The van der Waals surface area contributed by atoms with E-state index in [1.54, 1.807) is 0 Å². The molecule has 0 radical (unpaired) electrons. The highest BCUT2D eigenvalue weighted by Gasteiger charge is 2.16. The maximum absolute atomic E-state index is 2.45. The summed E-state index contributed by atoms with van der Waals surface area (Å²) in [5.41, 5.74) is 0. The number of hydrogen-bond donors (Lipinski definition) is 0. The lowest BCUT2D eigenvalue weighted by Crippen LogP contribution is -2.13. The quantitative estimate of drug-likeness (QED) is 0.103. The van der Waals surface area contributed by atoms with Crippen LogP contribution in [0.15, 0.2) is 0 Å². The van der Waals surface area contributed by atoms with E-state index in [2.05, 4.69) is 111 Å². The van der Waals surface area contributed by atoms with Crippen molar-refractivity contribution in [3.8, 4) is 0 Å². The standard InChI is InChI=1S/C17H36.C14H30.C10H22.3C2H6.6CH4/c1-8-9-16(6)17(7)12-14(4)10-11-15(5)13(2)3;1-6-8-9-13(4)14(5)11-10-12(3)7-2;1-5-10(4)8-6-7-9(2)3;3*1-2;;;;;;/h13-17H,8-12H2,1-7H3;12-14H,6-11H2,1-5H3;9-10H,5-8H2,1-4H3;3*1-2H3;6*1H4. The molecule has 0 aromatic carbocycles. The Bertz CT molecular complexity index is 490. The molecule has 0 aromatic heterocycles. The topological polar surface area (TPSA) is 0 Å². The van der Waals surface area contributed by atoms with Gasteiger partial charge in [0.25, 0.3) is 0 Å². The molecule has 342 valence electrons. The van der Waals surface area contributed by atoms with Crippen LogP contribution in [0.1, 0.15) is 293 Å². The van der Waals surface area contributed by atoms with Gasteiger partial charge in [-0.25, -0.2) is 0 Å². The lowest BCUT2D eigenvalue weighted by Gasteiger charge is -2.24. The van der Waals surface area contributed by atoms with Gasteiger partial charge in [-0.05, 0) is 65.6 Å². The summed E-state index contributed by atoms with van der Waals surface area (Å²) in [6.07, 6.45) is 21.0. The van der Waals surface area contributed by atoms with Crippen molar-refractivity contribution >= 4 is 0 Å². The number of unbranched alkanes of at least 4 members (excludes halogenated alkanes) is 1. The van der Waals surface area contributed by atoms with Gasteiger partial charge in [-0.2, -0.15) is 0 Å². The van der Waals surface area contributed by atoms with Crippen LogP contribution in [0.3, 0.4) is 0 Å². The molecule has 0 bridgehead atoms. The molecule has 0 rings (SSSR count). The third-order valence-electron chi connectivity index (χ3n) is 10.7. The Hall–Kier alpha value is 0. The van der Waals surface area contributed by atoms with E-state index in [1.165, 1.54) is 96.3 Å². The van der Waals surface area contributed by atoms with Gasteiger partial charge in [0, 0.05) is 0 Å². The Kier molecular flexibility index (Phi) is 107. The zero-order valence-corrected chi connectivity index (χ0v) is 38.4. The molecule has 0 spiro atoms. The number of hydrogen-bond acceptors (Lipinski definition) is 0. The first-order valence-corrected chi connectivity index (χ1v) is 22.2. The van der Waals surface area contributed by atoms with Gasteiger partial charge in [0.2, 0.25) is 0 Å². The van der Waals surface area contributed by atoms with Crippen LogP contribution in [0.2, 0.25) is 0 Å². The van der Waals surface area contributed by atoms with E-state index in [4.69, 9.17) is 0 Å². The Morgan fingerprint density at radius 1 is 0.302 bits per heavy atom. The highest BCUT2D eigenvalue weighted by Crippen LogP contribution is 2.28. The third kappa shape index (κ3) is 70.3. The molecule has 0 aromatic rings. The zero-order valence-electron chi connectivity index (χ0n) is 38.4.